The van der Waals surface area contributed by atoms with Crippen LogP contribution in [0.25, 0.3) is 0 Å². The van der Waals surface area contributed by atoms with Gasteiger partial charge in [0.15, 0.2) is 0 Å². The fourth-order valence-corrected chi connectivity index (χ4v) is 4.56. The summed E-state index contributed by atoms with van der Waals surface area (Å²) >= 11 is 0. The number of rotatable bonds is 26. The number of carbonyl (C=O) groups excluding carboxylic acids is 1. The summed E-state index contributed by atoms with van der Waals surface area (Å²) in [6.45, 7) is 1.85. The molecule has 220 valence electrons. The molecule has 2 N–H and O–H groups in total. The van der Waals surface area contributed by atoms with Crippen LogP contribution in [0, 0.1) is 0 Å². The molecule has 0 radical (unpaired) electrons. The number of unbranched alkanes of at least 4 members (excludes halogenated alkanes) is 15. The van der Waals surface area contributed by atoms with Gasteiger partial charge in [0.2, 0.25) is 0 Å². The number of aliphatic hydroxyl groups excluding tert-OH is 1. The summed E-state index contributed by atoms with van der Waals surface area (Å²) in [5.41, 5.74) is -0.443. The van der Waals surface area contributed by atoms with Crippen LogP contribution < -0.4 is 0 Å². The summed E-state index contributed by atoms with van der Waals surface area (Å²) < 4.78 is 26.8. The summed E-state index contributed by atoms with van der Waals surface area (Å²) in [7, 11) is -4.74. The summed E-state index contributed by atoms with van der Waals surface area (Å²) in [5.74, 6) is 0. The SMILES string of the molecule is CCCCCCCCCCCCCCCCCCOC(=O)P(=O)(O)OOC[C@@H](CO)OCc1ccccc1. The lowest BCUT2D eigenvalue weighted by atomic mass is 10.0. The van der Waals surface area contributed by atoms with E-state index >= 15 is 0 Å². The van der Waals surface area contributed by atoms with Crippen LogP contribution in [-0.4, -0.2) is 41.6 Å². The van der Waals surface area contributed by atoms with Gasteiger partial charge >= 0.3 is 13.3 Å². The van der Waals surface area contributed by atoms with Crippen molar-refractivity contribution in [1.82, 2.24) is 0 Å². The van der Waals surface area contributed by atoms with Crippen molar-refractivity contribution in [2.75, 3.05) is 19.8 Å². The molecule has 0 aromatic heterocycles. The molecule has 9 heteroatoms. The van der Waals surface area contributed by atoms with Crippen molar-refractivity contribution in [3.05, 3.63) is 35.9 Å². The maximum absolute atomic E-state index is 12.0. The number of hydrogen-bond donors (Lipinski definition) is 2. The van der Waals surface area contributed by atoms with E-state index < -0.39 is 19.4 Å². The maximum atomic E-state index is 12.0. The predicted molar refractivity (Wildman–Crippen MR) is 150 cm³/mol. The van der Waals surface area contributed by atoms with Gasteiger partial charge in [-0.1, -0.05) is 134 Å². The third-order valence-corrected chi connectivity index (χ3v) is 7.29. The fourth-order valence-electron chi connectivity index (χ4n) is 4.04. The highest BCUT2D eigenvalue weighted by molar-refractivity contribution is 7.70. The molecule has 1 unspecified atom stereocenters. The predicted octanol–water partition coefficient (Wildman–Crippen LogP) is 8.10. The van der Waals surface area contributed by atoms with E-state index in [0.29, 0.717) is 6.42 Å². The van der Waals surface area contributed by atoms with Crippen LogP contribution in [0.4, 0.5) is 4.79 Å². The van der Waals surface area contributed by atoms with Gasteiger partial charge in [-0.2, -0.15) is 0 Å². The van der Waals surface area contributed by atoms with Crippen molar-refractivity contribution in [3.8, 4) is 0 Å². The molecule has 1 rings (SSSR count). The van der Waals surface area contributed by atoms with E-state index in [1.165, 1.54) is 77.0 Å². The van der Waals surface area contributed by atoms with Crippen molar-refractivity contribution in [2.24, 2.45) is 0 Å². The molecular weight excluding hydrogens is 507 g/mol. The Morgan fingerprint density at radius 2 is 1.32 bits per heavy atom. The Labute approximate surface area is 229 Å². The van der Waals surface area contributed by atoms with Crippen molar-refractivity contribution >= 4 is 13.3 Å². The number of aliphatic hydroxyl groups is 1. The van der Waals surface area contributed by atoms with E-state index in [1.54, 1.807) is 0 Å². The zero-order valence-electron chi connectivity index (χ0n) is 23.4. The summed E-state index contributed by atoms with van der Waals surface area (Å²) in [6.07, 6.45) is 19.1. The molecule has 8 nitrogen and oxygen atoms in total. The number of carbonyl (C=O) groups is 1. The average molecular weight is 559 g/mol. The Morgan fingerprint density at radius 1 is 0.816 bits per heavy atom. The van der Waals surface area contributed by atoms with Crippen LogP contribution in [0.3, 0.4) is 0 Å². The van der Waals surface area contributed by atoms with Crippen molar-refractivity contribution < 1.29 is 38.4 Å². The minimum atomic E-state index is -4.74. The molecule has 0 bridgehead atoms. The highest BCUT2D eigenvalue weighted by Gasteiger charge is 2.34. The second-order valence-electron chi connectivity index (χ2n) is 9.90. The molecule has 0 aliphatic rings. The van der Waals surface area contributed by atoms with Gasteiger partial charge in [0.25, 0.3) is 0 Å². The second-order valence-corrected chi connectivity index (χ2v) is 11.5. The van der Waals surface area contributed by atoms with Crippen LogP contribution in [0.2, 0.25) is 0 Å². The minimum absolute atomic E-state index is 0.0602. The third kappa shape index (κ3) is 18.9. The Hall–Kier alpha value is -1.28. The summed E-state index contributed by atoms with van der Waals surface area (Å²) in [5, 5.41) is 9.37. The zero-order valence-corrected chi connectivity index (χ0v) is 24.3. The lowest BCUT2D eigenvalue weighted by molar-refractivity contribution is -0.236. The van der Waals surface area contributed by atoms with Crippen molar-refractivity contribution in [3.63, 3.8) is 0 Å². The quantitative estimate of drug-likeness (QED) is 0.0508. The summed E-state index contributed by atoms with van der Waals surface area (Å²) in [6, 6.07) is 9.33. The summed E-state index contributed by atoms with van der Waals surface area (Å²) in [4.78, 5) is 26.3. The fraction of sp³-hybridized carbons (Fsp3) is 0.759. The zero-order chi connectivity index (χ0) is 27.7. The highest BCUT2D eigenvalue weighted by Crippen LogP contribution is 2.44. The van der Waals surface area contributed by atoms with E-state index in [4.69, 9.17) is 14.4 Å². The third-order valence-electron chi connectivity index (χ3n) is 6.39. The van der Waals surface area contributed by atoms with Gasteiger partial charge in [-0.3, -0.25) is 0 Å². The largest absolute Gasteiger partial charge is 0.462 e. The van der Waals surface area contributed by atoms with Gasteiger partial charge in [-0.05, 0) is 12.0 Å². The molecule has 0 heterocycles. The van der Waals surface area contributed by atoms with Crippen molar-refractivity contribution in [2.45, 2.75) is 122 Å². The van der Waals surface area contributed by atoms with Crippen LogP contribution in [0.1, 0.15) is 115 Å². The van der Waals surface area contributed by atoms with Crippen LogP contribution in [0.15, 0.2) is 30.3 Å². The van der Waals surface area contributed by atoms with E-state index in [2.05, 4.69) is 11.6 Å². The highest BCUT2D eigenvalue weighted by atomic mass is 31.2. The smallest absolute Gasteiger partial charge is 0.457 e. The Bertz CT molecular complexity index is 731. The number of benzene rings is 1. The first-order valence-electron chi connectivity index (χ1n) is 14.6. The minimum Gasteiger partial charge on any atom is -0.457 e. The standard InChI is InChI=1S/C29H51O8P/c1-2-3-4-5-6-7-8-9-10-11-12-13-14-15-16-20-23-34-29(31)38(32,33)37-36-26-28(24-30)35-25-27-21-18-17-19-22-27/h17-19,21-22,28,30H,2-16,20,23-26H2,1H3,(H,32,33)/t28-/m1/s1. The molecule has 38 heavy (non-hydrogen) atoms. The van der Waals surface area contributed by atoms with Crippen LogP contribution >= 0.6 is 7.60 Å². The number of ether oxygens (including phenoxy) is 2. The Morgan fingerprint density at radius 3 is 1.82 bits per heavy atom. The first kappa shape index (κ1) is 34.7. The molecule has 0 saturated carbocycles. The van der Waals surface area contributed by atoms with Crippen LogP contribution in [-0.2, 0) is 30.2 Å². The van der Waals surface area contributed by atoms with Gasteiger partial charge < -0.3 is 19.5 Å². The van der Waals surface area contributed by atoms with E-state index in [9.17, 15) is 19.4 Å². The molecule has 0 aliphatic carbocycles. The van der Waals surface area contributed by atoms with E-state index in [0.717, 1.165) is 24.8 Å². The molecule has 0 fully saturated rings. The molecule has 0 saturated heterocycles. The Balaban J connectivity index is 1.96. The van der Waals surface area contributed by atoms with Gasteiger partial charge in [0.05, 0.1) is 19.8 Å². The molecule has 2 atom stereocenters. The van der Waals surface area contributed by atoms with Crippen molar-refractivity contribution in [1.29, 1.82) is 0 Å². The molecule has 0 amide bonds. The molecular formula is C29H51O8P. The van der Waals surface area contributed by atoms with Gasteiger partial charge in [-0.15, -0.1) is 4.67 Å². The van der Waals surface area contributed by atoms with Gasteiger partial charge in [0.1, 0.15) is 12.7 Å². The number of hydrogen-bond acceptors (Lipinski definition) is 7. The molecule has 1 aromatic rings. The first-order chi connectivity index (χ1) is 18.5. The average Bonchev–Trinajstić information content (AvgIpc) is 2.92. The second kappa shape index (κ2) is 23.6. The monoisotopic (exact) mass is 558 g/mol. The van der Waals surface area contributed by atoms with E-state index in [1.807, 2.05) is 30.3 Å². The maximum Gasteiger partial charge on any atom is 0.462 e. The Kier molecular flexibility index (Phi) is 21.6. The van der Waals surface area contributed by atoms with Crippen LogP contribution in [0.5, 0.6) is 0 Å². The van der Waals surface area contributed by atoms with Gasteiger partial charge in [-0.25, -0.2) is 14.2 Å². The topological polar surface area (TPSA) is 112 Å². The van der Waals surface area contributed by atoms with Gasteiger partial charge in [0, 0.05) is 0 Å². The molecule has 0 aliphatic heterocycles. The lowest BCUT2D eigenvalue weighted by Crippen LogP contribution is -2.24. The normalized spacial score (nSPS) is 13.8. The van der Waals surface area contributed by atoms with E-state index in [-0.39, 0.29) is 26.4 Å². The lowest BCUT2D eigenvalue weighted by Gasteiger charge is -2.16. The molecule has 0 spiro atoms. The molecule has 1 aromatic carbocycles. The first-order valence-corrected chi connectivity index (χ1v) is 16.1.